The molecule has 1 aromatic heterocycles. The number of rotatable bonds is 2. The van der Waals surface area contributed by atoms with Gasteiger partial charge in [-0.3, -0.25) is 9.69 Å². The van der Waals surface area contributed by atoms with E-state index >= 15 is 0 Å². The van der Waals surface area contributed by atoms with Gasteiger partial charge in [-0.05, 0) is 41.8 Å². The number of carbonyl (C=O) groups is 1. The number of halogens is 1. The maximum absolute atomic E-state index is 12.5. The van der Waals surface area contributed by atoms with Crippen molar-refractivity contribution in [1.82, 2.24) is 0 Å². The Morgan fingerprint density at radius 1 is 1.20 bits per heavy atom. The van der Waals surface area contributed by atoms with Crippen molar-refractivity contribution >= 4 is 73.2 Å². The van der Waals surface area contributed by atoms with Gasteiger partial charge in [0.15, 0.2) is 4.32 Å². The number of thiophene rings is 1. The molecule has 1 saturated heterocycles. The van der Waals surface area contributed by atoms with Gasteiger partial charge in [0.1, 0.15) is 0 Å². The van der Waals surface area contributed by atoms with Gasteiger partial charge in [0, 0.05) is 9.35 Å². The van der Waals surface area contributed by atoms with E-state index in [1.165, 1.54) is 11.8 Å². The van der Waals surface area contributed by atoms with Gasteiger partial charge in [0.05, 0.1) is 10.6 Å². The van der Waals surface area contributed by atoms with Crippen LogP contribution in [-0.4, -0.2) is 10.2 Å². The average Bonchev–Trinajstić information content (AvgIpc) is 3.02. The third-order valence-electron chi connectivity index (χ3n) is 2.70. The molecule has 0 unspecified atom stereocenters. The molecular formula is C14H8BrNOS3. The summed E-state index contributed by atoms with van der Waals surface area (Å²) in [5, 5.41) is 1.99. The molecular weight excluding hydrogens is 374 g/mol. The van der Waals surface area contributed by atoms with Crippen molar-refractivity contribution in [3.05, 3.63) is 56.0 Å². The molecule has 0 spiro atoms. The van der Waals surface area contributed by atoms with E-state index in [4.69, 9.17) is 12.2 Å². The molecule has 1 aliphatic rings. The molecule has 1 aromatic carbocycles. The summed E-state index contributed by atoms with van der Waals surface area (Å²) in [5.41, 5.74) is 0.797. The maximum atomic E-state index is 12.5. The molecule has 20 heavy (non-hydrogen) atoms. The zero-order chi connectivity index (χ0) is 14.1. The zero-order valence-corrected chi connectivity index (χ0v) is 14.1. The number of thiocarbonyl (C=S) groups is 1. The quantitative estimate of drug-likeness (QED) is 0.543. The Kier molecular flexibility index (Phi) is 4.07. The van der Waals surface area contributed by atoms with Crippen molar-refractivity contribution < 1.29 is 4.79 Å². The van der Waals surface area contributed by atoms with Crippen molar-refractivity contribution in [2.45, 2.75) is 0 Å². The van der Waals surface area contributed by atoms with Crippen molar-refractivity contribution in [2.75, 3.05) is 4.90 Å². The van der Waals surface area contributed by atoms with Crippen LogP contribution >= 0.6 is 51.2 Å². The molecule has 2 nitrogen and oxygen atoms in total. The highest BCUT2D eigenvalue weighted by Crippen LogP contribution is 2.36. The van der Waals surface area contributed by atoms with Gasteiger partial charge in [0.2, 0.25) is 0 Å². The summed E-state index contributed by atoms with van der Waals surface area (Å²) in [4.78, 5) is 15.8. The lowest BCUT2D eigenvalue weighted by atomic mass is 10.3. The van der Waals surface area contributed by atoms with Crippen LogP contribution in [0.4, 0.5) is 5.69 Å². The maximum Gasteiger partial charge on any atom is 0.270 e. The lowest BCUT2D eigenvalue weighted by Gasteiger charge is -2.14. The summed E-state index contributed by atoms with van der Waals surface area (Å²) in [6, 6.07) is 11.5. The third kappa shape index (κ3) is 2.74. The van der Waals surface area contributed by atoms with Gasteiger partial charge in [-0.2, -0.15) is 0 Å². The predicted octanol–water partition coefficient (Wildman–Crippen LogP) is 4.92. The number of benzene rings is 1. The summed E-state index contributed by atoms with van der Waals surface area (Å²) < 4.78 is 1.54. The predicted molar refractivity (Wildman–Crippen MR) is 94.1 cm³/mol. The lowest BCUT2D eigenvalue weighted by molar-refractivity contribution is -0.113. The standard InChI is InChI=1S/C14H8BrNOS3/c15-9-3-5-10(6-4-9)16-13(17)12(20-14(16)18)8-11-2-1-7-19-11/h1-8H/b12-8-. The Labute approximate surface area is 138 Å². The second-order valence-electron chi connectivity index (χ2n) is 4.01. The minimum atomic E-state index is -0.0595. The van der Waals surface area contributed by atoms with Crippen LogP contribution in [0.1, 0.15) is 4.88 Å². The highest BCUT2D eigenvalue weighted by Gasteiger charge is 2.33. The highest BCUT2D eigenvalue weighted by atomic mass is 79.9. The number of nitrogens with zero attached hydrogens (tertiary/aromatic N) is 1. The molecule has 0 atom stereocenters. The van der Waals surface area contributed by atoms with E-state index in [1.54, 1.807) is 16.2 Å². The molecule has 1 aliphatic heterocycles. The Balaban J connectivity index is 1.93. The molecule has 0 radical (unpaired) electrons. The first kappa shape index (κ1) is 14.0. The molecule has 0 saturated carbocycles. The van der Waals surface area contributed by atoms with Gasteiger partial charge >= 0.3 is 0 Å². The van der Waals surface area contributed by atoms with Crippen LogP contribution in [0.3, 0.4) is 0 Å². The van der Waals surface area contributed by atoms with Crippen LogP contribution in [0, 0.1) is 0 Å². The summed E-state index contributed by atoms with van der Waals surface area (Å²) in [6.45, 7) is 0. The lowest BCUT2D eigenvalue weighted by Crippen LogP contribution is -2.27. The largest absolute Gasteiger partial charge is 0.270 e. The molecule has 6 heteroatoms. The molecule has 0 aliphatic carbocycles. The van der Waals surface area contributed by atoms with Crippen LogP contribution in [-0.2, 0) is 4.79 Å². The van der Waals surface area contributed by atoms with Gasteiger partial charge < -0.3 is 0 Å². The van der Waals surface area contributed by atoms with Crippen molar-refractivity contribution in [3.63, 3.8) is 0 Å². The zero-order valence-electron chi connectivity index (χ0n) is 10.1. The molecule has 3 rings (SSSR count). The van der Waals surface area contributed by atoms with Crippen LogP contribution < -0.4 is 4.90 Å². The molecule has 1 amide bonds. The number of carbonyl (C=O) groups excluding carboxylic acids is 1. The van der Waals surface area contributed by atoms with E-state index < -0.39 is 0 Å². The van der Waals surface area contributed by atoms with Crippen molar-refractivity contribution in [1.29, 1.82) is 0 Å². The number of thioether (sulfide) groups is 1. The van der Waals surface area contributed by atoms with Crippen LogP contribution in [0.5, 0.6) is 0 Å². The van der Waals surface area contributed by atoms with Crippen LogP contribution in [0.15, 0.2) is 51.2 Å². The number of amides is 1. The molecule has 2 aromatic rings. The second kappa shape index (κ2) is 5.81. The smallest absolute Gasteiger partial charge is 0.268 e. The Hall–Kier alpha value is -0.950. The highest BCUT2D eigenvalue weighted by molar-refractivity contribution is 9.10. The van der Waals surface area contributed by atoms with Crippen molar-refractivity contribution in [3.8, 4) is 0 Å². The summed E-state index contributed by atoms with van der Waals surface area (Å²) >= 11 is 11.7. The SMILES string of the molecule is O=C1/C(=C/c2cccs2)SC(=S)N1c1ccc(Br)cc1. The van der Waals surface area contributed by atoms with E-state index in [9.17, 15) is 4.79 Å². The average molecular weight is 382 g/mol. The minimum absolute atomic E-state index is 0.0595. The monoisotopic (exact) mass is 381 g/mol. The topological polar surface area (TPSA) is 20.3 Å². The van der Waals surface area contributed by atoms with Gasteiger partial charge in [-0.15, -0.1) is 11.3 Å². The Morgan fingerprint density at radius 3 is 2.60 bits per heavy atom. The molecule has 2 heterocycles. The molecule has 1 fully saturated rings. The first-order valence-corrected chi connectivity index (χ1v) is 8.62. The number of anilines is 1. The third-order valence-corrected chi connectivity index (χ3v) is 5.35. The van der Waals surface area contributed by atoms with Crippen molar-refractivity contribution in [2.24, 2.45) is 0 Å². The first-order valence-electron chi connectivity index (χ1n) is 5.72. The van der Waals surface area contributed by atoms with E-state index in [0.717, 1.165) is 15.0 Å². The van der Waals surface area contributed by atoms with Crippen LogP contribution in [0.2, 0.25) is 0 Å². The fourth-order valence-electron chi connectivity index (χ4n) is 1.78. The van der Waals surface area contributed by atoms with E-state index in [-0.39, 0.29) is 5.91 Å². The van der Waals surface area contributed by atoms with E-state index in [1.807, 2.05) is 47.9 Å². The normalized spacial score (nSPS) is 17.2. The number of hydrogen-bond acceptors (Lipinski definition) is 4. The van der Waals surface area contributed by atoms with E-state index in [2.05, 4.69) is 15.9 Å². The molecule has 0 bridgehead atoms. The summed E-state index contributed by atoms with van der Waals surface area (Å²) in [5.74, 6) is -0.0595. The van der Waals surface area contributed by atoms with E-state index in [0.29, 0.717) is 9.23 Å². The van der Waals surface area contributed by atoms with Crippen LogP contribution in [0.25, 0.3) is 6.08 Å². The second-order valence-corrected chi connectivity index (χ2v) is 7.58. The first-order chi connectivity index (χ1) is 9.65. The fraction of sp³-hybridized carbons (Fsp3) is 0. The minimum Gasteiger partial charge on any atom is -0.268 e. The Bertz CT molecular complexity index is 692. The molecule has 100 valence electrons. The summed E-state index contributed by atoms with van der Waals surface area (Å²) in [6.07, 6.45) is 1.89. The van der Waals surface area contributed by atoms with Gasteiger partial charge in [-0.25, -0.2) is 0 Å². The number of hydrogen-bond donors (Lipinski definition) is 0. The van der Waals surface area contributed by atoms with Gasteiger partial charge in [-0.1, -0.05) is 46.0 Å². The van der Waals surface area contributed by atoms with Gasteiger partial charge in [0.25, 0.3) is 5.91 Å². The Morgan fingerprint density at radius 2 is 1.95 bits per heavy atom. The summed E-state index contributed by atoms with van der Waals surface area (Å²) in [7, 11) is 0. The molecule has 0 N–H and O–H groups in total. The fourth-order valence-corrected chi connectivity index (χ4v) is 4.07.